The molecule has 0 radical (unpaired) electrons. The molecule has 0 bridgehead atoms. The summed E-state index contributed by atoms with van der Waals surface area (Å²) in [4.78, 5) is 0. The molecule has 1 heterocycles. The molecule has 1 aromatic heterocycles. The van der Waals surface area contributed by atoms with Crippen molar-refractivity contribution in [2.24, 2.45) is 11.7 Å². The number of rotatable bonds is 7. The number of aryl methyl sites for hydroxylation is 2. The maximum atomic E-state index is 6.42. The summed E-state index contributed by atoms with van der Waals surface area (Å²) in [6, 6.07) is -0.0123. The van der Waals surface area contributed by atoms with Gasteiger partial charge in [0.05, 0.1) is 22.5 Å². The smallest absolute Gasteiger partial charge is 0.0850 e. The van der Waals surface area contributed by atoms with Crippen molar-refractivity contribution in [2.45, 2.75) is 58.2 Å². The van der Waals surface area contributed by atoms with Crippen molar-refractivity contribution in [3.8, 4) is 0 Å². The summed E-state index contributed by atoms with van der Waals surface area (Å²) in [5.74, 6) is 0.627. The van der Waals surface area contributed by atoms with Crippen LogP contribution in [0.5, 0.6) is 0 Å². The van der Waals surface area contributed by atoms with Crippen LogP contribution < -0.4 is 5.73 Å². The topological polar surface area (TPSA) is 53.1 Å². The van der Waals surface area contributed by atoms with E-state index in [4.69, 9.17) is 22.1 Å². The van der Waals surface area contributed by atoms with Crippen molar-refractivity contribution >= 4 is 11.6 Å². The first-order valence-electron chi connectivity index (χ1n) is 7.14. The Balaban J connectivity index is 2.14. The van der Waals surface area contributed by atoms with Gasteiger partial charge in [-0.05, 0) is 32.1 Å². The highest BCUT2D eigenvalue weighted by Gasteiger charge is 2.36. The molecule has 1 fully saturated rings. The Morgan fingerprint density at radius 1 is 1.47 bits per heavy atom. The largest absolute Gasteiger partial charge is 0.380 e. The van der Waals surface area contributed by atoms with Crippen LogP contribution in [-0.4, -0.2) is 29.0 Å². The number of nitrogens with two attached hydrogens (primary N) is 1. The number of ether oxygens (including phenoxy) is 1. The lowest BCUT2D eigenvalue weighted by Gasteiger charge is -2.22. The summed E-state index contributed by atoms with van der Waals surface area (Å²) in [5.41, 5.74) is 8.34. The van der Waals surface area contributed by atoms with Crippen LogP contribution in [0.1, 0.15) is 38.1 Å². The molecular weight excluding hydrogens is 262 g/mol. The second kappa shape index (κ2) is 6.25. The fourth-order valence-corrected chi connectivity index (χ4v) is 3.04. The summed E-state index contributed by atoms with van der Waals surface area (Å²) in [6.07, 6.45) is 4.18. The average molecular weight is 286 g/mol. The van der Waals surface area contributed by atoms with E-state index in [-0.39, 0.29) is 12.1 Å². The molecule has 0 aliphatic heterocycles. The Bertz CT molecular complexity index is 429. The van der Waals surface area contributed by atoms with Crippen LogP contribution in [0.15, 0.2) is 0 Å². The van der Waals surface area contributed by atoms with E-state index in [1.807, 2.05) is 4.68 Å². The molecule has 5 heteroatoms. The fraction of sp³-hybridized carbons (Fsp3) is 0.786. The Hall–Kier alpha value is -0.580. The van der Waals surface area contributed by atoms with Crippen LogP contribution in [-0.2, 0) is 24.1 Å². The molecule has 2 unspecified atom stereocenters. The summed E-state index contributed by atoms with van der Waals surface area (Å²) >= 11 is 6.42. The third-order valence-corrected chi connectivity index (χ3v) is 4.34. The molecule has 1 aromatic rings. The molecule has 2 N–H and O–H groups in total. The van der Waals surface area contributed by atoms with Gasteiger partial charge in [0.15, 0.2) is 0 Å². The van der Waals surface area contributed by atoms with E-state index in [2.05, 4.69) is 18.9 Å². The molecular formula is C14H24ClN3O. The lowest BCUT2D eigenvalue weighted by atomic mass is 10.0. The second-order valence-corrected chi connectivity index (χ2v) is 5.66. The van der Waals surface area contributed by atoms with Crippen molar-refractivity contribution in [1.29, 1.82) is 0 Å². The van der Waals surface area contributed by atoms with E-state index in [1.54, 1.807) is 7.11 Å². The van der Waals surface area contributed by atoms with E-state index >= 15 is 0 Å². The van der Waals surface area contributed by atoms with Gasteiger partial charge in [-0.1, -0.05) is 18.5 Å². The predicted octanol–water partition coefficient (Wildman–Crippen LogP) is 2.41. The maximum absolute atomic E-state index is 6.42. The first-order valence-corrected chi connectivity index (χ1v) is 7.52. The van der Waals surface area contributed by atoms with E-state index in [0.717, 1.165) is 35.8 Å². The molecule has 0 amide bonds. The predicted molar refractivity (Wildman–Crippen MR) is 77.5 cm³/mol. The quantitative estimate of drug-likeness (QED) is 0.837. The first kappa shape index (κ1) is 14.8. The molecule has 1 aliphatic carbocycles. The molecule has 1 aliphatic rings. The maximum Gasteiger partial charge on any atom is 0.0850 e. The Morgan fingerprint density at radius 2 is 2.16 bits per heavy atom. The normalized spacial score (nSPS) is 18.6. The van der Waals surface area contributed by atoms with Crippen molar-refractivity contribution in [1.82, 2.24) is 9.78 Å². The lowest BCUT2D eigenvalue weighted by Crippen LogP contribution is -2.40. The van der Waals surface area contributed by atoms with E-state index in [0.29, 0.717) is 5.92 Å². The van der Waals surface area contributed by atoms with Crippen molar-refractivity contribution in [3.05, 3.63) is 16.4 Å². The fourth-order valence-electron chi connectivity index (χ4n) is 2.69. The van der Waals surface area contributed by atoms with Crippen LogP contribution in [0.2, 0.25) is 5.02 Å². The zero-order valence-corrected chi connectivity index (χ0v) is 12.8. The van der Waals surface area contributed by atoms with Crippen LogP contribution in [0.25, 0.3) is 0 Å². The van der Waals surface area contributed by atoms with Crippen LogP contribution in [0, 0.1) is 5.92 Å². The molecule has 1 saturated carbocycles. The van der Waals surface area contributed by atoms with E-state index < -0.39 is 0 Å². The minimum absolute atomic E-state index is 0.0123. The molecule has 0 spiro atoms. The van der Waals surface area contributed by atoms with Gasteiger partial charge in [0, 0.05) is 26.1 Å². The highest BCUT2D eigenvalue weighted by molar-refractivity contribution is 6.31. The zero-order valence-electron chi connectivity index (χ0n) is 12.0. The lowest BCUT2D eigenvalue weighted by molar-refractivity contribution is 0.0621. The van der Waals surface area contributed by atoms with Crippen molar-refractivity contribution in [3.63, 3.8) is 0 Å². The monoisotopic (exact) mass is 285 g/mol. The average Bonchev–Trinajstić information content (AvgIpc) is 3.18. The van der Waals surface area contributed by atoms with Crippen LogP contribution >= 0.6 is 11.6 Å². The van der Waals surface area contributed by atoms with Gasteiger partial charge in [0.1, 0.15) is 0 Å². The SMILES string of the molecule is CCc1nn(CC)c(CC(N)C(OC)C2CC2)c1Cl. The van der Waals surface area contributed by atoms with E-state index in [1.165, 1.54) is 12.8 Å². The first-order chi connectivity index (χ1) is 9.12. The minimum atomic E-state index is -0.0123. The summed E-state index contributed by atoms with van der Waals surface area (Å²) in [5, 5.41) is 5.32. The Labute approximate surface area is 120 Å². The van der Waals surface area contributed by atoms with Crippen molar-refractivity contribution < 1.29 is 4.74 Å². The Morgan fingerprint density at radius 3 is 2.63 bits per heavy atom. The molecule has 2 atom stereocenters. The number of halogens is 1. The third kappa shape index (κ3) is 3.12. The number of hydrogen-bond donors (Lipinski definition) is 1. The number of hydrogen-bond acceptors (Lipinski definition) is 3. The van der Waals surface area contributed by atoms with Crippen LogP contribution in [0.4, 0.5) is 0 Å². The van der Waals surface area contributed by atoms with Crippen LogP contribution in [0.3, 0.4) is 0 Å². The number of aromatic nitrogens is 2. The van der Waals surface area contributed by atoms with Gasteiger partial charge in [-0.15, -0.1) is 0 Å². The summed E-state index contributed by atoms with van der Waals surface area (Å²) in [6.45, 7) is 4.97. The minimum Gasteiger partial charge on any atom is -0.380 e. The molecule has 108 valence electrons. The highest BCUT2D eigenvalue weighted by Crippen LogP contribution is 2.36. The molecule has 0 saturated heterocycles. The molecule has 19 heavy (non-hydrogen) atoms. The molecule has 0 aromatic carbocycles. The van der Waals surface area contributed by atoms with Gasteiger partial charge in [-0.3, -0.25) is 4.68 Å². The summed E-state index contributed by atoms with van der Waals surface area (Å²) < 4.78 is 7.53. The standard InChI is InChI=1S/C14H24ClN3O/c1-4-11-13(15)12(18(5-2)17-11)8-10(16)14(19-3)9-6-7-9/h9-10,14H,4-8,16H2,1-3H3. The number of methoxy groups -OCH3 is 1. The molecule has 4 nitrogen and oxygen atoms in total. The second-order valence-electron chi connectivity index (χ2n) is 5.28. The van der Waals surface area contributed by atoms with Crippen molar-refractivity contribution in [2.75, 3.05) is 7.11 Å². The highest BCUT2D eigenvalue weighted by atomic mass is 35.5. The summed E-state index contributed by atoms with van der Waals surface area (Å²) in [7, 11) is 1.75. The van der Waals surface area contributed by atoms with Gasteiger partial charge < -0.3 is 10.5 Å². The van der Waals surface area contributed by atoms with Gasteiger partial charge in [-0.25, -0.2) is 0 Å². The zero-order chi connectivity index (χ0) is 14.0. The van der Waals surface area contributed by atoms with E-state index in [9.17, 15) is 0 Å². The van der Waals surface area contributed by atoms with Gasteiger partial charge in [0.25, 0.3) is 0 Å². The van der Waals surface area contributed by atoms with Gasteiger partial charge in [0.2, 0.25) is 0 Å². The van der Waals surface area contributed by atoms with Gasteiger partial charge >= 0.3 is 0 Å². The number of nitrogens with zero attached hydrogens (tertiary/aromatic N) is 2. The Kier molecular flexibility index (Phi) is 4.87. The van der Waals surface area contributed by atoms with Gasteiger partial charge in [-0.2, -0.15) is 5.10 Å². The molecule has 2 rings (SSSR count). The third-order valence-electron chi connectivity index (χ3n) is 3.90.